The Bertz CT molecular complexity index is 538. The van der Waals surface area contributed by atoms with E-state index in [1.807, 2.05) is 0 Å². The number of aliphatic hydroxyl groups excluding tert-OH is 1. The molecule has 0 saturated carbocycles. The Kier molecular flexibility index (Phi) is 36.3. The summed E-state index contributed by atoms with van der Waals surface area (Å²) >= 11 is 0. The Balaban J connectivity index is 3.44. The van der Waals surface area contributed by atoms with Crippen LogP contribution in [0.4, 0.5) is 0 Å². The monoisotopic (exact) mass is 621 g/mol. The van der Waals surface area contributed by atoms with Crippen molar-refractivity contribution < 1.29 is 14.6 Å². The van der Waals surface area contributed by atoms with Gasteiger partial charge in [-0.3, -0.25) is 0 Å². The quantitative estimate of drug-likeness (QED) is 0.0554. The van der Waals surface area contributed by atoms with E-state index >= 15 is 0 Å². The molecule has 0 radical (unpaired) electrons. The van der Waals surface area contributed by atoms with Crippen molar-refractivity contribution >= 4 is 0 Å². The third kappa shape index (κ3) is 34.2. The molecule has 0 aromatic rings. The van der Waals surface area contributed by atoms with E-state index in [0.29, 0.717) is 13.2 Å². The molecular formula is C41H80O3. The normalized spacial score (nSPS) is 12.4. The first kappa shape index (κ1) is 43.4. The number of aliphatic hydroxyl groups is 1. The number of hydrogen-bond acceptors (Lipinski definition) is 3. The van der Waals surface area contributed by atoms with Gasteiger partial charge < -0.3 is 14.6 Å². The van der Waals surface area contributed by atoms with Crippen LogP contribution in [0.2, 0.25) is 0 Å². The van der Waals surface area contributed by atoms with Gasteiger partial charge in [0.05, 0.1) is 19.8 Å². The topological polar surface area (TPSA) is 38.7 Å². The highest BCUT2D eigenvalue weighted by atomic mass is 16.5. The van der Waals surface area contributed by atoms with Crippen molar-refractivity contribution in [2.45, 2.75) is 201 Å². The molecule has 0 fully saturated rings. The van der Waals surface area contributed by atoms with Crippen LogP contribution in [0.25, 0.3) is 0 Å². The van der Waals surface area contributed by atoms with Crippen LogP contribution in [0.1, 0.15) is 201 Å². The molecule has 1 N–H and O–H groups in total. The van der Waals surface area contributed by atoms with E-state index < -0.39 is 0 Å². The van der Waals surface area contributed by atoms with Crippen LogP contribution in [0.15, 0.2) is 24.3 Å². The van der Waals surface area contributed by atoms with Crippen molar-refractivity contribution in [3.8, 4) is 0 Å². The molecule has 0 aliphatic heterocycles. The van der Waals surface area contributed by atoms with Crippen molar-refractivity contribution in [2.75, 3.05) is 33.0 Å². The van der Waals surface area contributed by atoms with Crippen LogP contribution < -0.4 is 0 Å². The van der Waals surface area contributed by atoms with E-state index in [4.69, 9.17) is 9.47 Å². The second-order valence-corrected chi connectivity index (χ2v) is 13.9. The van der Waals surface area contributed by atoms with Gasteiger partial charge in [0.25, 0.3) is 0 Å². The Morgan fingerprint density at radius 2 is 0.682 bits per heavy atom. The van der Waals surface area contributed by atoms with Crippen LogP contribution >= 0.6 is 0 Å². The highest BCUT2D eigenvalue weighted by Gasteiger charge is 2.24. The van der Waals surface area contributed by atoms with Gasteiger partial charge in [0.15, 0.2) is 0 Å². The van der Waals surface area contributed by atoms with E-state index in [-0.39, 0.29) is 12.0 Å². The van der Waals surface area contributed by atoms with E-state index in [2.05, 4.69) is 45.1 Å². The molecule has 3 nitrogen and oxygen atoms in total. The second-order valence-electron chi connectivity index (χ2n) is 13.9. The fraction of sp³-hybridized carbons (Fsp3) is 0.902. The predicted octanol–water partition coefficient (Wildman–Crippen LogP) is 13.1. The van der Waals surface area contributed by atoms with E-state index in [0.717, 1.165) is 26.1 Å². The van der Waals surface area contributed by atoms with Gasteiger partial charge in [0.2, 0.25) is 0 Å². The fourth-order valence-electron chi connectivity index (χ4n) is 5.67. The molecule has 0 bridgehead atoms. The molecule has 262 valence electrons. The van der Waals surface area contributed by atoms with Crippen LogP contribution in [0.3, 0.4) is 0 Å². The molecule has 0 saturated heterocycles. The van der Waals surface area contributed by atoms with Crippen molar-refractivity contribution in [2.24, 2.45) is 5.41 Å². The molecule has 0 aromatic heterocycles. The van der Waals surface area contributed by atoms with Gasteiger partial charge in [-0.15, -0.1) is 0 Å². The van der Waals surface area contributed by atoms with Crippen molar-refractivity contribution in [1.29, 1.82) is 0 Å². The first-order valence-electron chi connectivity index (χ1n) is 19.7. The summed E-state index contributed by atoms with van der Waals surface area (Å²) < 4.78 is 11.9. The summed E-state index contributed by atoms with van der Waals surface area (Å²) in [7, 11) is 0. The molecule has 0 aromatic carbocycles. The smallest absolute Gasteiger partial charge is 0.0563 e. The molecule has 0 aliphatic rings. The maximum Gasteiger partial charge on any atom is 0.0563 e. The summed E-state index contributed by atoms with van der Waals surface area (Å²) in [6.45, 7) is 9.53. The van der Waals surface area contributed by atoms with Crippen LogP contribution in [-0.2, 0) is 9.47 Å². The zero-order chi connectivity index (χ0) is 32.1. The zero-order valence-corrected chi connectivity index (χ0v) is 30.4. The summed E-state index contributed by atoms with van der Waals surface area (Å²) in [6, 6.07) is 0. The second kappa shape index (κ2) is 36.8. The van der Waals surface area contributed by atoms with Crippen LogP contribution in [0, 0.1) is 5.41 Å². The Morgan fingerprint density at radius 1 is 0.409 bits per heavy atom. The van der Waals surface area contributed by atoms with Crippen molar-refractivity contribution in [1.82, 2.24) is 0 Å². The van der Waals surface area contributed by atoms with Gasteiger partial charge in [-0.1, -0.05) is 161 Å². The Hall–Kier alpha value is -0.640. The summed E-state index contributed by atoms with van der Waals surface area (Å²) in [6.07, 6.45) is 46.7. The summed E-state index contributed by atoms with van der Waals surface area (Å²) in [5, 5.41) is 9.90. The highest BCUT2D eigenvalue weighted by Crippen LogP contribution is 2.18. The molecule has 0 spiro atoms. The third-order valence-corrected chi connectivity index (χ3v) is 8.88. The van der Waals surface area contributed by atoms with Gasteiger partial charge >= 0.3 is 0 Å². The standard InChI is InChI=1S/C41H80O3/c1-4-6-8-10-12-14-16-18-20-22-24-26-28-30-32-34-36-43-39-41(3,38-42)40-44-37-35-33-31-29-27-25-23-21-19-17-15-13-11-9-7-5-2/h18-21,42H,4-17,22-40H2,1-3H3/b20-18-,21-19-. The summed E-state index contributed by atoms with van der Waals surface area (Å²) in [5.41, 5.74) is -0.287. The predicted molar refractivity (Wildman–Crippen MR) is 196 cm³/mol. The number of hydrogen-bond donors (Lipinski definition) is 1. The lowest BCUT2D eigenvalue weighted by molar-refractivity contribution is -0.0418. The fourth-order valence-corrected chi connectivity index (χ4v) is 5.67. The molecule has 3 heteroatoms. The SMILES string of the molecule is CCCCCCCC/C=C\CCCCCCCCOCC(C)(CO)COCCCCCCCC/C=C\CCCCCCCC. The maximum atomic E-state index is 9.90. The van der Waals surface area contributed by atoms with Crippen molar-refractivity contribution in [3.05, 3.63) is 24.3 Å². The van der Waals surface area contributed by atoms with Crippen LogP contribution in [-0.4, -0.2) is 38.1 Å². The van der Waals surface area contributed by atoms with Crippen molar-refractivity contribution in [3.63, 3.8) is 0 Å². The van der Waals surface area contributed by atoms with Gasteiger partial charge in [0.1, 0.15) is 0 Å². The maximum absolute atomic E-state index is 9.90. The molecule has 0 aliphatic carbocycles. The number of allylic oxidation sites excluding steroid dienone is 4. The minimum atomic E-state index is -0.287. The molecule has 0 unspecified atom stereocenters. The zero-order valence-electron chi connectivity index (χ0n) is 30.4. The number of rotatable bonds is 37. The molecule has 44 heavy (non-hydrogen) atoms. The third-order valence-electron chi connectivity index (χ3n) is 8.88. The minimum Gasteiger partial charge on any atom is -0.396 e. The van der Waals surface area contributed by atoms with E-state index in [1.54, 1.807) is 0 Å². The lowest BCUT2D eigenvalue weighted by Gasteiger charge is -2.26. The highest BCUT2D eigenvalue weighted by molar-refractivity contribution is 4.82. The minimum absolute atomic E-state index is 0.119. The summed E-state index contributed by atoms with van der Waals surface area (Å²) in [4.78, 5) is 0. The summed E-state index contributed by atoms with van der Waals surface area (Å²) in [5.74, 6) is 0. The molecule has 0 heterocycles. The Morgan fingerprint density at radius 3 is 0.977 bits per heavy atom. The van der Waals surface area contributed by atoms with Gasteiger partial charge in [-0.05, 0) is 64.2 Å². The van der Waals surface area contributed by atoms with E-state index in [9.17, 15) is 5.11 Å². The average Bonchev–Trinajstić information content (AvgIpc) is 3.03. The van der Waals surface area contributed by atoms with Gasteiger partial charge in [-0.2, -0.15) is 0 Å². The lowest BCUT2D eigenvalue weighted by Crippen LogP contribution is -2.33. The van der Waals surface area contributed by atoms with E-state index in [1.165, 1.54) is 167 Å². The van der Waals surface area contributed by atoms with Gasteiger partial charge in [-0.25, -0.2) is 0 Å². The molecule has 0 rings (SSSR count). The first-order valence-corrected chi connectivity index (χ1v) is 19.7. The number of unbranched alkanes of at least 4 members (excludes halogenated alkanes) is 24. The molecular weight excluding hydrogens is 540 g/mol. The largest absolute Gasteiger partial charge is 0.396 e. The number of ether oxygens (including phenoxy) is 2. The average molecular weight is 621 g/mol. The van der Waals surface area contributed by atoms with Crippen LogP contribution in [0.5, 0.6) is 0 Å². The molecule has 0 amide bonds. The first-order chi connectivity index (χ1) is 21.7. The van der Waals surface area contributed by atoms with Gasteiger partial charge in [0, 0.05) is 18.6 Å². The lowest BCUT2D eigenvalue weighted by atomic mass is 9.94. The Labute approximate surface area is 277 Å². The molecule has 0 atom stereocenters.